The second-order valence-corrected chi connectivity index (χ2v) is 4.08. The van der Waals surface area contributed by atoms with Gasteiger partial charge in [-0.05, 0) is 42.3 Å². The van der Waals surface area contributed by atoms with E-state index in [0.717, 1.165) is 5.56 Å². The van der Waals surface area contributed by atoms with Crippen molar-refractivity contribution in [2.24, 2.45) is 0 Å². The highest BCUT2D eigenvalue weighted by molar-refractivity contribution is 5.41. The van der Waals surface area contributed by atoms with Crippen LogP contribution < -0.4 is 10.5 Å². The van der Waals surface area contributed by atoms with Gasteiger partial charge in [-0.2, -0.15) is 0 Å². The first kappa shape index (κ1) is 12.4. The van der Waals surface area contributed by atoms with Crippen molar-refractivity contribution in [3.8, 4) is 5.75 Å². The van der Waals surface area contributed by atoms with Crippen LogP contribution in [0, 0.1) is 18.6 Å². The second kappa shape index (κ2) is 5.04. The van der Waals surface area contributed by atoms with Crippen molar-refractivity contribution in [2.75, 3.05) is 5.73 Å². The molecule has 0 saturated carbocycles. The third-order valence-electron chi connectivity index (χ3n) is 2.55. The van der Waals surface area contributed by atoms with Crippen LogP contribution in [-0.2, 0) is 6.61 Å². The zero-order valence-electron chi connectivity index (χ0n) is 9.91. The van der Waals surface area contributed by atoms with E-state index in [1.165, 1.54) is 18.2 Å². The van der Waals surface area contributed by atoms with Crippen LogP contribution in [0.3, 0.4) is 0 Å². The van der Waals surface area contributed by atoms with Crippen LogP contribution in [0.15, 0.2) is 36.4 Å². The molecule has 18 heavy (non-hydrogen) atoms. The van der Waals surface area contributed by atoms with E-state index >= 15 is 0 Å². The van der Waals surface area contributed by atoms with Crippen LogP contribution >= 0.6 is 0 Å². The molecule has 2 rings (SSSR count). The molecule has 0 spiro atoms. The van der Waals surface area contributed by atoms with Gasteiger partial charge in [0.15, 0.2) is 11.6 Å². The second-order valence-electron chi connectivity index (χ2n) is 4.08. The molecule has 2 N–H and O–H groups in total. The number of hydrogen-bond acceptors (Lipinski definition) is 2. The number of aryl methyl sites for hydroxylation is 1. The lowest BCUT2D eigenvalue weighted by molar-refractivity contribution is 0.289. The molecule has 0 bridgehead atoms. The predicted octanol–water partition coefficient (Wildman–Crippen LogP) is 3.43. The first-order valence-corrected chi connectivity index (χ1v) is 5.49. The Hall–Kier alpha value is -2.10. The maximum Gasteiger partial charge on any atom is 0.165 e. The Labute approximate surface area is 104 Å². The zero-order chi connectivity index (χ0) is 13.1. The molecular formula is C14H13F2NO. The lowest BCUT2D eigenvalue weighted by atomic mass is 10.2. The fourth-order valence-corrected chi connectivity index (χ4v) is 1.54. The summed E-state index contributed by atoms with van der Waals surface area (Å²) in [6.07, 6.45) is 0. The van der Waals surface area contributed by atoms with E-state index in [4.69, 9.17) is 10.5 Å². The lowest BCUT2D eigenvalue weighted by Gasteiger charge is -2.08. The van der Waals surface area contributed by atoms with E-state index < -0.39 is 11.6 Å². The summed E-state index contributed by atoms with van der Waals surface area (Å²) >= 11 is 0. The summed E-state index contributed by atoms with van der Waals surface area (Å²) in [7, 11) is 0. The van der Waals surface area contributed by atoms with Gasteiger partial charge in [-0.25, -0.2) is 8.78 Å². The smallest absolute Gasteiger partial charge is 0.165 e. The first-order valence-electron chi connectivity index (χ1n) is 5.49. The van der Waals surface area contributed by atoms with Crippen molar-refractivity contribution in [3.63, 3.8) is 0 Å². The Bertz CT molecular complexity index is 570. The normalized spacial score (nSPS) is 10.4. The zero-order valence-corrected chi connectivity index (χ0v) is 9.91. The molecule has 0 fully saturated rings. The highest BCUT2D eigenvalue weighted by Gasteiger charge is 2.05. The van der Waals surface area contributed by atoms with Crippen molar-refractivity contribution >= 4 is 5.69 Å². The Morgan fingerprint density at radius 3 is 2.56 bits per heavy atom. The first-order chi connectivity index (χ1) is 8.56. The summed E-state index contributed by atoms with van der Waals surface area (Å²) in [6.45, 7) is 1.94. The highest BCUT2D eigenvalue weighted by Crippen LogP contribution is 2.20. The molecule has 0 aliphatic heterocycles. The average Bonchev–Trinajstić information content (AvgIpc) is 2.34. The van der Waals surface area contributed by atoms with Gasteiger partial charge in [-0.1, -0.05) is 12.1 Å². The number of nitrogen functional groups attached to an aromatic ring is 1. The Morgan fingerprint density at radius 1 is 1.06 bits per heavy atom. The maximum atomic E-state index is 13.4. The van der Waals surface area contributed by atoms with Crippen LogP contribution in [0.4, 0.5) is 14.5 Å². The number of benzene rings is 2. The molecule has 94 valence electrons. The Morgan fingerprint density at radius 2 is 1.83 bits per heavy atom. The number of nitrogens with two attached hydrogens (primary N) is 1. The number of rotatable bonds is 3. The minimum Gasteiger partial charge on any atom is -0.486 e. The number of ether oxygens (including phenoxy) is 1. The van der Waals surface area contributed by atoms with Gasteiger partial charge >= 0.3 is 0 Å². The molecule has 0 aliphatic carbocycles. The molecule has 0 aromatic heterocycles. The van der Waals surface area contributed by atoms with E-state index in [1.54, 1.807) is 18.2 Å². The van der Waals surface area contributed by atoms with Gasteiger partial charge in [0.05, 0.1) is 5.69 Å². The van der Waals surface area contributed by atoms with Crippen LogP contribution in [0.1, 0.15) is 11.1 Å². The van der Waals surface area contributed by atoms with Crippen molar-refractivity contribution in [1.82, 2.24) is 0 Å². The minimum absolute atomic E-state index is 0.0838. The van der Waals surface area contributed by atoms with Crippen LogP contribution in [-0.4, -0.2) is 0 Å². The van der Waals surface area contributed by atoms with Gasteiger partial charge in [-0.3, -0.25) is 0 Å². The van der Waals surface area contributed by atoms with E-state index in [-0.39, 0.29) is 18.0 Å². The molecule has 2 nitrogen and oxygen atoms in total. The minimum atomic E-state index is -0.499. The van der Waals surface area contributed by atoms with Gasteiger partial charge in [0, 0.05) is 0 Å². The summed E-state index contributed by atoms with van der Waals surface area (Å²) in [6, 6.07) is 8.98. The molecule has 2 aromatic carbocycles. The van der Waals surface area contributed by atoms with Crippen LogP contribution in [0.25, 0.3) is 0 Å². The van der Waals surface area contributed by atoms with Crippen molar-refractivity contribution in [1.29, 1.82) is 0 Å². The van der Waals surface area contributed by atoms with Gasteiger partial charge < -0.3 is 10.5 Å². The largest absolute Gasteiger partial charge is 0.486 e. The SMILES string of the molecule is Cc1ccc(F)c(OCc2ccc(N)c(F)c2)c1. The fourth-order valence-electron chi connectivity index (χ4n) is 1.54. The summed E-state index contributed by atoms with van der Waals surface area (Å²) in [5.74, 6) is -0.774. The molecule has 2 aromatic rings. The summed E-state index contributed by atoms with van der Waals surface area (Å²) in [5, 5.41) is 0. The molecule has 0 saturated heterocycles. The number of hydrogen-bond donors (Lipinski definition) is 1. The van der Waals surface area contributed by atoms with Crippen LogP contribution in [0.2, 0.25) is 0 Å². The van der Waals surface area contributed by atoms with E-state index in [9.17, 15) is 8.78 Å². The maximum absolute atomic E-state index is 13.4. The molecule has 0 atom stereocenters. The van der Waals surface area contributed by atoms with E-state index in [2.05, 4.69) is 0 Å². The van der Waals surface area contributed by atoms with Crippen molar-refractivity contribution < 1.29 is 13.5 Å². The molecule has 0 heterocycles. The predicted molar refractivity (Wildman–Crippen MR) is 66.3 cm³/mol. The lowest BCUT2D eigenvalue weighted by Crippen LogP contribution is -1.99. The summed E-state index contributed by atoms with van der Waals surface area (Å²) in [4.78, 5) is 0. The third-order valence-corrected chi connectivity index (χ3v) is 2.55. The molecule has 0 unspecified atom stereocenters. The van der Waals surface area contributed by atoms with E-state index in [1.807, 2.05) is 6.92 Å². The Kier molecular flexibility index (Phi) is 3.46. The van der Waals surface area contributed by atoms with E-state index in [0.29, 0.717) is 5.56 Å². The summed E-state index contributed by atoms with van der Waals surface area (Å²) < 4.78 is 31.9. The summed E-state index contributed by atoms with van der Waals surface area (Å²) in [5.41, 5.74) is 6.95. The molecular weight excluding hydrogens is 236 g/mol. The quantitative estimate of drug-likeness (QED) is 0.846. The molecule has 0 radical (unpaired) electrons. The highest BCUT2D eigenvalue weighted by atomic mass is 19.1. The topological polar surface area (TPSA) is 35.2 Å². The van der Waals surface area contributed by atoms with Crippen LogP contribution in [0.5, 0.6) is 5.75 Å². The average molecular weight is 249 g/mol. The standard InChI is InChI=1S/C14H13F2NO/c1-9-2-4-11(15)14(6-9)18-8-10-3-5-13(17)12(16)7-10/h2-7H,8,17H2,1H3. The molecule has 4 heteroatoms. The van der Waals surface area contributed by atoms with Gasteiger partial charge in [0.25, 0.3) is 0 Å². The Balaban J connectivity index is 2.11. The molecule has 0 aliphatic rings. The monoisotopic (exact) mass is 249 g/mol. The fraction of sp³-hybridized carbons (Fsp3) is 0.143. The number of halogens is 2. The van der Waals surface area contributed by atoms with Crippen molar-refractivity contribution in [2.45, 2.75) is 13.5 Å². The van der Waals surface area contributed by atoms with Crippen molar-refractivity contribution in [3.05, 3.63) is 59.2 Å². The number of anilines is 1. The third kappa shape index (κ3) is 2.77. The van der Waals surface area contributed by atoms with Gasteiger partial charge in [0.2, 0.25) is 0 Å². The van der Waals surface area contributed by atoms with Gasteiger partial charge in [-0.15, -0.1) is 0 Å². The van der Waals surface area contributed by atoms with Gasteiger partial charge in [0.1, 0.15) is 12.4 Å². The molecule has 0 amide bonds.